The average Bonchev–Trinajstić information content (AvgIpc) is 3.71. The van der Waals surface area contributed by atoms with Crippen LogP contribution in [0.15, 0.2) is 46.0 Å². The number of aliphatic imine (C=N–C) groups is 1. The van der Waals surface area contributed by atoms with Gasteiger partial charge >= 0.3 is 11.9 Å². The largest absolute Gasteiger partial charge is 0.481 e. The molecule has 1 aromatic carbocycles. The molecule has 1 saturated carbocycles. The number of carboxylic acid groups (broad SMARTS) is 1. The van der Waals surface area contributed by atoms with Crippen LogP contribution in [0.1, 0.15) is 48.9 Å². The Balaban J connectivity index is 1.35. The molecule has 46 heavy (non-hydrogen) atoms. The monoisotopic (exact) mass is 681 g/mol. The molecule has 4 heterocycles. The minimum Gasteiger partial charge on any atom is -0.481 e. The summed E-state index contributed by atoms with van der Waals surface area (Å²) in [5, 5.41) is 13.8. The minimum absolute atomic E-state index is 0.0227. The van der Waals surface area contributed by atoms with Gasteiger partial charge in [-0.3, -0.25) is 14.7 Å². The van der Waals surface area contributed by atoms with Gasteiger partial charge in [0.15, 0.2) is 10.8 Å². The SMILES string of the molecule is CCOC(=O)C1=C(CN2CC(F)(F)[C@@H]3CN(S(=O)(=O)C4CC(C)(C(=O)O)C4)C[C@@H]32)NC(c2nccs2)=N[C@H]1c1cccc(F)c1C. The second kappa shape index (κ2) is 11.7. The fourth-order valence-electron chi connectivity index (χ4n) is 6.93. The Hall–Kier alpha value is -3.34. The second-order valence-corrected chi connectivity index (χ2v) is 15.6. The lowest BCUT2D eigenvalue weighted by molar-refractivity contribution is -0.152. The van der Waals surface area contributed by atoms with E-state index in [0.29, 0.717) is 10.6 Å². The number of hydrogen-bond donors (Lipinski definition) is 2. The molecule has 0 spiro atoms. The van der Waals surface area contributed by atoms with E-state index in [-0.39, 0.29) is 55.2 Å². The zero-order valence-corrected chi connectivity index (χ0v) is 27.0. The van der Waals surface area contributed by atoms with Gasteiger partial charge in [0.2, 0.25) is 10.0 Å². The zero-order valence-electron chi connectivity index (χ0n) is 25.4. The summed E-state index contributed by atoms with van der Waals surface area (Å²) < 4.78 is 79.2. The Bertz CT molecular complexity index is 1730. The number of sulfonamides is 1. The lowest BCUT2D eigenvalue weighted by Gasteiger charge is -2.42. The van der Waals surface area contributed by atoms with Crippen molar-refractivity contribution in [1.82, 2.24) is 19.5 Å². The molecular weight excluding hydrogens is 647 g/mol. The number of carbonyl (C=O) groups is 2. The van der Waals surface area contributed by atoms with Crippen LogP contribution in [0.25, 0.3) is 0 Å². The number of esters is 1. The lowest BCUT2D eigenvalue weighted by Crippen LogP contribution is -2.53. The first-order chi connectivity index (χ1) is 21.7. The summed E-state index contributed by atoms with van der Waals surface area (Å²) in [6.45, 7) is 3.21. The van der Waals surface area contributed by atoms with Crippen LogP contribution in [-0.2, 0) is 24.3 Å². The van der Waals surface area contributed by atoms with Crippen LogP contribution < -0.4 is 5.32 Å². The Morgan fingerprint density at radius 3 is 2.63 bits per heavy atom. The molecule has 3 fully saturated rings. The van der Waals surface area contributed by atoms with Crippen LogP contribution in [0.4, 0.5) is 13.2 Å². The predicted molar refractivity (Wildman–Crippen MR) is 162 cm³/mol. The number of thiazole rings is 1. The molecule has 0 amide bonds. The van der Waals surface area contributed by atoms with Gasteiger partial charge in [0.05, 0.1) is 35.3 Å². The number of carboxylic acids is 1. The highest BCUT2D eigenvalue weighted by Gasteiger charge is 2.62. The fraction of sp³-hybridized carbons (Fsp3) is 0.533. The van der Waals surface area contributed by atoms with E-state index in [0.717, 1.165) is 4.31 Å². The summed E-state index contributed by atoms with van der Waals surface area (Å²) in [6, 6.07) is 2.51. The van der Waals surface area contributed by atoms with E-state index in [4.69, 9.17) is 9.73 Å². The maximum Gasteiger partial charge on any atom is 0.338 e. The first-order valence-corrected chi connectivity index (χ1v) is 17.3. The van der Waals surface area contributed by atoms with E-state index in [1.807, 2.05) is 0 Å². The maximum atomic E-state index is 15.6. The molecule has 4 aliphatic rings. The van der Waals surface area contributed by atoms with Crippen LogP contribution >= 0.6 is 11.3 Å². The Kier molecular flexibility index (Phi) is 8.30. The van der Waals surface area contributed by atoms with Crippen LogP contribution in [0.5, 0.6) is 0 Å². The molecule has 1 aliphatic carbocycles. The third-order valence-electron chi connectivity index (χ3n) is 9.56. The molecule has 2 saturated heterocycles. The molecule has 0 unspecified atom stereocenters. The predicted octanol–water partition coefficient (Wildman–Crippen LogP) is 3.33. The highest BCUT2D eigenvalue weighted by atomic mass is 32.2. The van der Waals surface area contributed by atoms with Gasteiger partial charge in [-0.05, 0) is 50.8 Å². The number of aliphatic carboxylic acids is 1. The summed E-state index contributed by atoms with van der Waals surface area (Å²) in [5.74, 6) is -6.61. The van der Waals surface area contributed by atoms with Crippen molar-refractivity contribution in [3.63, 3.8) is 0 Å². The van der Waals surface area contributed by atoms with Crippen molar-refractivity contribution in [3.05, 3.63) is 63.0 Å². The van der Waals surface area contributed by atoms with E-state index in [1.54, 1.807) is 31.5 Å². The van der Waals surface area contributed by atoms with Gasteiger partial charge in [0.25, 0.3) is 5.92 Å². The summed E-state index contributed by atoms with van der Waals surface area (Å²) in [7, 11) is -4.03. The number of amidine groups is 1. The van der Waals surface area contributed by atoms with Gasteiger partial charge in [-0.15, -0.1) is 11.3 Å². The van der Waals surface area contributed by atoms with Crippen molar-refractivity contribution in [2.24, 2.45) is 16.3 Å². The number of alkyl halides is 2. The number of ether oxygens (including phenoxy) is 1. The van der Waals surface area contributed by atoms with Crippen LogP contribution in [0.2, 0.25) is 0 Å². The topological polar surface area (TPSA) is 142 Å². The Morgan fingerprint density at radius 2 is 1.98 bits per heavy atom. The number of aromatic nitrogens is 1. The molecule has 0 bridgehead atoms. The number of hydrogen-bond acceptors (Lipinski definition) is 10. The minimum atomic E-state index is -4.03. The summed E-state index contributed by atoms with van der Waals surface area (Å²) >= 11 is 1.27. The number of halogens is 3. The van der Waals surface area contributed by atoms with Crippen molar-refractivity contribution in [2.45, 2.75) is 56.9 Å². The van der Waals surface area contributed by atoms with E-state index in [1.165, 1.54) is 35.3 Å². The van der Waals surface area contributed by atoms with Crippen molar-refractivity contribution >= 4 is 39.1 Å². The van der Waals surface area contributed by atoms with Gasteiger partial charge < -0.3 is 15.2 Å². The molecule has 6 rings (SSSR count). The van der Waals surface area contributed by atoms with E-state index in [2.05, 4.69) is 10.3 Å². The van der Waals surface area contributed by atoms with E-state index >= 15 is 8.78 Å². The molecule has 11 nitrogen and oxygen atoms in total. The highest BCUT2D eigenvalue weighted by molar-refractivity contribution is 7.89. The fourth-order valence-corrected chi connectivity index (χ4v) is 9.83. The molecule has 248 valence electrons. The molecule has 2 N–H and O–H groups in total. The van der Waals surface area contributed by atoms with Crippen LogP contribution in [-0.4, -0.2) is 95.5 Å². The summed E-state index contributed by atoms with van der Waals surface area (Å²) in [6.07, 6.45) is 1.39. The van der Waals surface area contributed by atoms with Crippen LogP contribution in [0.3, 0.4) is 0 Å². The maximum absolute atomic E-state index is 15.6. The molecule has 1 aromatic heterocycles. The molecular formula is C30H34F3N5O6S2. The van der Waals surface area contributed by atoms with Crippen molar-refractivity contribution in [2.75, 3.05) is 32.8 Å². The number of benzene rings is 1. The zero-order chi connectivity index (χ0) is 33.2. The van der Waals surface area contributed by atoms with Gasteiger partial charge in [-0.2, -0.15) is 4.31 Å². The van der Waals surface area contributed by atoms with Gasteiger partial charge in [-0.1, -0.05) is 12.1 Å². The van der Waals surface area contributed by atoms with Crippen molar-refractivity contribution in [1.29, 1.82) is 0 Å². The van der Waals surface area contributed by atoms with Gasteiger partial charge in [0.1, 0.15) is 11.9 Å². The number of nitrogens with one attached hydrogen (secondary N) is 1. The first-order valence-electron chi connectivity index (χ1n) is 14.9. The average molecular weight is 682 g/mol. The van der Waals surface area contributed by atoms with E-state index in [9.17, 15) is 27.5 Å². The van der Waals surface area contributed by atoms with Crippen molar-refractivity contribution < 1.29 is 41.0 Å². The van der Waals surface area contributed by atoms with Gasteiger partial charge in [0, 0.05) is 43.0 Å². The normalized spacial score (nSPS) is 29.6. The standard InChI is InChI=1S/C30H34F3N5O6S2/c1-4-44-27(39)23-21(35-25(26-34-8-9-45-26)36-24(23)18-6-5-7-20(31)16(18)2)13-37-15-30(32,33)19-12-38(14-22(19)37)46(42,43)17-10-29(3,11-17)28(40)41/h5-9,17,19,22,24H,4,10-15H2,1-3H3,(H,35,36)(H,40,41)/t17?,19-,22+,24+,29?/m1/s1. The number of likely N-dealkylation sites (tertiary alicyclic amines) is 1. The third kappa shape index (κ3) is 5.52. The third-order valence-corrected chi connectivity index (χ3v) is 12.5. The summed E-state index contributed by atoms with van der Waals surface area (Å²) in [4.78, 5) is 35.6. The highest BCUT2D eigenvalue weighted by Crippen LogP contribution is 2.49. The number of rotatable bonds is 9. The van der Waals surface area contributed by atoms with Gasteiger partial charge in [-0.25, -0.2) is 31.4 Å². The smallest absolute Gasteiger partial charge is 0.338 e. The molecule has 16 heteroatoms. The second-order valence-electron chi connectivity index (χ2n) is 12.5. The number of nitrogens with zero attached hydrogens (tertiary/aromatic N) is 4. The van der Waals surface area contributed by atoms with Crippen molar-refractivity contribution in [3.8, 4) is 0 Å². The number of fused-ring (bicyclic) bond motifs is 1. The lowest BCUT2D eigenvalue weighted by atomic mass is 9.70. The molecule has 3 aliphatic heterocycles. The molecule has 0 radical (unpaired) electrons. The number of carbonyl (C=O) groups excluding carboxylic acids is 1. The Labute approximate surface area is 268 Å². The van der Waals surface area contributed by atoms with Crippen LogP contribution in [0, 0.1) is 24.1 Å². The first kappa shape index (κ1) is 32.6. The molecule has 2 aromatic rings. The molecule has 3 atom stereocenters. The summed E-state index contributed by atoms with van der Waals surface area (Å²) in [5.41, 5.74) is -0.252. The Morgan fingerprint density at radius 1 is 1.24 bits per heavy atom. The quantitative estimate of drug-likeness (QED) is 0.382. The van der Waals surface area contributed by atoms with E-state index < -0.39 is 75.5 Å².